The molecule has 0 aliphatic carbocycles. The summed E-state index contributed by atoms with van der Waals surface area (Å²) in [6.07, 6.45) is 1.84. The van der Waals surface area contributed by atoms with Crippen molar-refractivity contribution in [3.8, 4) is 0 Å². The van der Waals surface area contributed by atoms with E-state index in [1.54, 1.807) is 10.7 Å². The molecule has 8 nitrogen and oxygen atoms in total. The lowest BCUT2D eigenvalue weighted by atomic mass is 10.1. The number of sulfonamides is 1. The maximum absolute atomic E-state index is 12.9. The summed E-state index contributed by atoms with van der Waals surface area (Å²) >= 11 is 0. The Labute approximate surface area is 183 Å². The number of carbonyl (C=O) groups excluding carboxylic acids is 1. The molecule has 0 bridgehead atoms. The third-order valence-corrected chi connectivity index (χ3v) is 7.25. The predicted octanol–water partition coefficient (Wildman–Crippen LogP) is 2.90. The van der Waals surface area contributed by atoms with Gasteiger partial charge in [0.15, 0.2) is 0 Å². The maximum Gasteiger partial charge on any atom is 0.243 e. The van der Waals surface area contributed by atoms with E-state index in [-0.39, 0.29) is 23.4 Å². The molecule has 166 valence electrons. The van der Waals surface area contributed by atoms with E-state index < -0.39 is 10.0 Å². The summed E-state index contributed by atoms with van der Waals surface area (Å²) in [5, 5.41) is 11.0. The second-order valence-electron chi connectivity index (χ2n) is 7.65. The van der Waals surface area contributed by atoms with Gasteiger partial charge in [-0.05, 0) is 49.1 Å². The average molecular weight is 444 g/mol. The molecule has 3 aromatic rings. The number of hydrogen-bond donors (Lipinski definition) is 1. The van der Waals surface area contributed by atoms with Crippen LogP contribution in [0.25, 0.3) is 11.0 Å². The van der Waals surface area contributed by atoms with E-state index in [2.05, 4.69) is 29.5 Å². The molecule has 0 saturated carbocycles. The van der Waals surface area contributed by atoms with Crippen molar-refractivity contribution >= 4 is 27.0 Å². The van der Waals surface area contributed by atoms with Gasteiger partial charge in [-0.15, -0.1) is 5.10 Å². The van der Waals surface area contributed by atoms with E-state index in [1.165, 1.54) is 24.7 Å². The highest BCUT2D eigenvalue weighted by atomic mass is 32.2. The highest BCUT2D eigenvalue weighted by Crippen LogP contribution is 2.22. The molecule has 2 aromatic carbocycles. The zero-order valence-corrected chi connectivity index (χ0v) is 19.2. The van der Waals surface area contributed by atoms with Crippen molar-refractivity contribution in [2.75, 3.05) is 13.6 Å². The molecule has 1 amide bonds. The Morgan fingerprint density at radius 3 is 2.45 bits per heavy atom. The van der Waals surface area contributed by atoms with Gasteiger partial charge in [-0.1, -0.05) is 43.3 Å². The van der Waals surface area contributed by atoms with Crippen LogP contribution in [0.3, 0.4) is 0 Å². The average Bonchev–Trinajstić information content (AvgIpc) is 3.20. The van der Waals surface area contributed by atoms with Crippen LogP contribution in [0.2, 0.25) is 0 Å². The first-order valence-electron chi connectivity index (χ1n) is 10.4. The zero-order chi connectivity index (χ0) is 22.6. The van der Waals surface area contributed by atoms with Crippen molar-refractivity contribution in [2.24, 2.45) is 0 Å². The van der Waals surface area contributed by atoms with Crippen molar-refractivity contribution in [2.45, 2.75) is 51.1 Å². The predicted molar refractivity (Wildman–Crippen MR) is 120 cm³/mol. The number of fused-ring (bicyclic) bond motifs is 1. The molecule has 1 N–H and O–H groups in total. The molecule has 3 rings (SSSR count). The Kier molecular flexibility index (Phi) is 7.07. The van der Waals surface area contributed by atoms with E-state index in [9.17, 15) is 13.2 Å². The molecule has 1 heterocycles. The van der Waals surface area contributed by atoms with Crippen molar-refractivity contribution in [1.82, 2.24) is 24.6 Å². The molecular weight excluding hydrogens is 414 g/mol. The molecule has 0 aliphatic heterocycles. The Bertz CT molecular complexity index is 1160. The fraction of sp³-hybridized carbons (Fsp3) is 0.409. The van der Waals surface area contributed by atoms with Gasteiger partial charge in [-0.3, -0.25) is 4.79 Å². The summed E-state index contributed by atoms with van der Waals surface area (Å²) in [4.78, 5) is 12.4. The van der Waals surface area contributed by atoms with Crippen LogP contribution in [0.1, 0.15) is 44.4 Å². The fourth-order valence-corrected chi connectivity index (χ4v) is 4.34. The SMILES string of the molecule is CCc1ccc(CNC(=O)CN(C)S(=O)(=O)c2ccc3c(c2)nnn3[C@H](C)CC)cc1. The van der Waals surface area contributed by atoms with Crippen LogP contribution >= 0.6 is 0 Å². The molecule has 0 unspecified atom stereocenters. The monoisotopic (exact) mass is 443 g/mol. The highest BCUT2D eigenvalue weighted by Gasteiger charge is 2.24. The number of nitrogens with one attached hydrogen (secondary N) is 1. The smallest absolute Gasteiger partial charge is 0.243 e. The number of carbonyl (C=O) groups is 1. The van der Waals surface area contributed by atoms with Crippen LogP contribution in [0.4, 0.5) is 0 Å². The first-order chi connectivity index (χ1) is 14.8. The lowest BCUT2D eigenvalue weighted by Gasteiger charge is -2.17. The maximum atomic E-state index is 12.9. The lowest BCUT2D eigenvalue weighted by molar-refractivity contribution is -0.121. The molecule has 0 spiro atoms. The summed E-state index contributed by atoms with van der Waals surface area (Å²) in [5.74, 6) is -0.366. The fourth-order valence-electron chi connectivity index (χ4n) is 3.20. The molecular formula is C22H29N5O3S. The molecule has 0 fully saturated rings. The highest BCUT2D eigenvalue weighted by molar-refractivity contribution is 7.89. The van der Waals surface area contributed by atoms with Crippen molar-refractivity contribution in [1.29, 1.82) is 0 Å². The quantitative estimate of drug-likeness (QED) is 0.548. The second kappa shape index (κ2) is 9.57. The second-order valence-corrected chi connectivity index (χ2v) is 9.69. The number of hydrogen-bond acceptors (Lipinski definition) is 5. The largest absolute Gasteiger partial charge is 0.351 e. The van der Waals surface area contributed by atoms with Gasteiger partial charge in [0.25, 0.3) is 0 Å². The summed E-state index contributed by atoms with van der Waals surface area (Å²) in [5.41, 5.74) is 3.48. The summed E-state index contributed by atoms with van der Waals surface area (Å²) in [6.45, 7) is 6.24. The number of likely N-dealkylation sites (N-methyl/N-ethyl adjacent to an activating group) is 1. The minimum absolute atomic E-state index is 0.0849. The summed E-state index contributed by atoms with van der Waals surface area (Å²) in [6, 6.07) is 12.9. The van der Waals surface area contributed by atoms with Gasteiger partial charge in [0.1, 0.15) is 5.52 Å². The molecule has 9 heteroatoms. The topological polar surface area (TPSA) is 97.2 Å². The van der Waals surface area contributed by atoms with Gasteiger partial charge in [0, 0.05) is 13.6 Å². The molecule has 1 aromatic heterocycles. The van der Waals surface area contributed by atoms with Crippen molar-refractivity contribution in [3.63, 3.8) is 0 Å². The number of aryl methyl sites for hydroxylation is 1. The third kappa shape index (κ3) is 5.11. The minimum atomic E-state index is -3.84. The summed E-state index contributed by atoms with van der Waals surface area (Å²) in [7, 11) is -2.44. The van der Waals surface area contributed by atoms with Crippen LogP contribution in [0, 0.1) is 0 Å². The lowest BCUT2D eigenvalue weighted by Crippen LogP contribution is -2.38. The zero-order valence-electron chi connectivity index (χ0n) is 18.4. The minimum Gasteiger partial charge on any atom is -0.351 e. The van der Waals surface area contributed by atoms with E-state index in [0.29, 0.717) is 12.1 Å². The number of rotatable bonds is 9. The number of benzene rings is 2. The normalized spacial score (nSPS) is 12.9. The standard InChI is InChI=1S/C22H29N5O3S/c1-5-16(3)27-21-12-11-19(13-20(21)24-25-27)31(29,30)26(4)15-22(28)23-14-18-9-7-17(6-2)8-10-18/h7-13,16H,5-6,14-15H2,1-4H3,(H,23,28)/t16-/m1/s1. The van der Waals surface area contributed by atoms with Crippen LogP contribution in [-0.4, -0.2) is 47.2 Å². The molecule has 1 atom stereocenters. The van der Waals surface area contributed by atoms with Crippen LogP contribution < -0.4 is 5.32 Å². The Morgan fingerprint density at radius 2 is 1.81 bits per heavy atom. The van der Waals surface area contributed by atoms with E-state index in [4.69, 9.17) is 0 Å². The van der Waals surface area contributed by atoms with Crippen molar-refractivity contribution in [3.05, 3.63) is 53.6 Å². The van der Waals surface area contributed by atoms with Crippen LogP contribution in [-0.2, 0) is 27.8 Å². The first kappa shape index (κ1) is 22.9. The third-order valence-electron chi connectivity index (χ3n) is 5.45. The van der Waals surface area contributed by atoms with E-state index in [1.807, 2.05) is 31.2 Å². The summed E-state index contributed by atoms with van der Waals surface area (Å²) < 4.78 is 28.7. The molecule has 31 heavy (non-hydrogen) atoms. The van der Waals surface area contributed by atoms with Gasteiger partial charge in [-0.25, -0.2) is 13.1 Å². The number of nitrogens with zero attached hydrogens (tertiary/aromatic N) is 4. The van der Waals surface area contributed by atoms with E-state index in [0.717, 1.165) is 28.2 Å². The Balaban J connectivity index is 1.67. The van der Waals surface area contributed by atoms with Crippen molar-refractivity contribution < 1.29 is 13.2 Å². The Hall–Kier alpha value is -2.78. The van der Waals surface area contributed by atoms with Gasteiger partial charge in [-0.2, -0.15) is 4.31 Å². The first-order valence-corrected chi connectivity index (χ1v) is 11.9. The van der Waals surface area contributed by atoms with Gasteiger partial charge >= 0.3 is 0 Å². The molecule has 0 radical (unpaired) electrons. The number of aromatic nitrogens is 3. The van der Waals surface area contributed by atoms with Gasteiger partial charge < -0.3 is 5.32 Å². The Morgan fingerprint density at radius 1 is 1.13 bits per heavy atom. The van der Waals surface area contributed by atoms with Gasteiger partial charge in [0.05, 0.1) is 23.0 Å². The molecule has 0 saturated heterocycles. The van der Waals surface area contributed by atoms with Crippen LogP contribution in [0.15, 0.2) is 47.4 Å². The van der Waals surface area contributed by atoms with Gasteiger partial charge in [0.2, 0.25) is 15.9 Å². The molecule has 0 aliphatic rings. The van der Waals surface area contributed by atoms with E-state index >= 15 is 0 Å². The van der Waals surface area contributed by atoms with Crippen LogP contribution in [0.5, 0.6) is 0 Å². The number of amides is 1.